The third-order valence-corrected chi connectivity index (χ3v) is 3.75. The second-order valence-corrected chi connectivity index (χ2v) is 5.96. The van der Waals surface area contributed by atoms with E-state index in [1.807, 2.05) is 0 Å². The van der Waals surface area contributed by atoms with Crippen LogP contribution in [0.3, 0.4) is 0 Å². The van der Waals surface area contributed by atoms with Gasteiger partial charge in [0.1, 0.15) is 0 Å². The molecule has 0 aliphatic rings. The van der Waals surface area contributed by atoms with Gasteiger partial charge in [0.05, 0.1) is 5.25 Å². The van der Waals surface area contributed by atoms with Crippen LogP contribution in [0.4, 0.5) is 5.82 Å². The predicted molar refractivity (Wildman–Crippen MR) is 60.3 cm³/mol. The Bertz CT molecular complexity index is 409. The molecule has 0 bridgehead atoms. The molecule has 6 heteroatoms. The molecule has 0 aromatic carbocycles. The Morgan fingerprint density at radius 2 is 2.20 bits per heavy atom. The van der Waals surface area contributed by atoms with Crippen LogP contribution in [0.15, 0.2) is 6.07 Å². The summed E-state index contributed by atoms with van der Waals surface area (Å²) in [4.78, 5) is 0. The van der Waals surface area contributed by atoms with Gasteiger partial charge >= 0.3 is 0 Å². The Morgan fingerprint density at radius 3 is 2.73 bits per heavy atom. The van der Waals surface area contributed by atoms with E-state index in [0.29, 0.717) is 5.82 Å². The highest BCUT2D eigenvalue weighted by atomic mass is 32.2. The van der Waals surface area contributed by atoms with Crippen molar-refractivity contribution in [2.24, 2.45) is 0 Å². The second-order valence-electron chi connectivity index (χ2n) is 3.72. The maximum absolute atomic E-state index is 11.5. The molecule has 0 saturated carbocycles. The van der Waals surface area contributed by atoms with E-state index in [9.17, 15) is 8.42 Å². The Hall–Kier alpha value is -1.04. The van der Waals surface area contributed by atoms with Crippen molar-refractivity contribution in [3.8, 4) is 0 Å². The van der Waals surface area contributed by atoms with Gasteiger partial charge in [0.25, 0.3) is 0 Å². The SMILES string of the molecule is CCCc1cc(NS(=O)(=O)C(C)C)n[nH]1. The Labute approximate surface area is 90.3 Å². The topological polar surface area (TPSA) is 74.8 Å². The van der Waals surface area contributed by atoms with Crippen molar-refractivity contribution in [3.63, 3.8) is 0 Å². The van der Waals surface area contributed by atoms with Gasteiger partial charge < -0.3 is 0 Å². The molecule has 1 aromatic rings. The van der Waals surface area contributed by atoms with Gasteiger partial charge in [-0.2, -0.15) is 5.10 Å². The van der Waals surface area contributed by atoms with Crippen molar-refractivity contribution in [2.75, 3.05) is 4.72 Å². The lowest BCUT2D eigenvalue weighted by atomic mass is 10.2. The lowest BCUT2D eigenvalue weighted by Crippen LogP contribution is -2.22. The summed E-state index contributed by atoms with van der Waals surface area (Å²) in [6.45, 7) is 5.31. The lowest BCUT2D eigenvalue weighted by molar-refractivity contribution is 0.592. The molecule has 1 aromatic heterocycles. The van der Waals surface area contributed by atoms with E-state index in [2.05, 4.69) is 21.8 Å². The smallest absolute Gasteiger partial charge is 0.236 e. The number of nitrogens with zero attached hydrogens (tertiary/aromatic N) is 1. The van der Waals surface area contributed by atoms with Crippen LogP contribution < -0.4 is 4.72 Å². The number of anilines is 1. The predicted octanol–water partition coefficient (Wildman–Crippen LogP) is 1.51. The number of nitrogens with one attached hydrogen (secondary N) is 2. The number of aryl methyl sites for hydroxylation is 1. The van der Waals surface area contributed by atoms with Crippen molar-refractivity contribution in [1.29, 1.82) is 0 Å². The monoisotopic (exact) mass is 231 g/mol. The quantitative estimate of drug-likeness (QED) is 0.806. The van der Waals surface area contributed by atoms with E-state index in [1.54, 1.807) is 19.9 Å². The number of sulfonamides is 1. The van der Waals surface area contributed by atoms with Gasteiger partial charge in [0, 0.05) is 11.8 Å². The normalized spacial score (nSPS) is 12.0. The van der Waals surface area contributed by atoms with E-state index < -0.39 is 15.3 Å². The standard InChI is InChI=1S/C9H17N3O2S/c1-4-5-8-6-9(11-10-8)12-15(13,14)7(2)3/h6-7H,4-5H2,1-3H3,(H2,10,11,12). The molecule has 0 spiro atoms. The molecule has 86 valence electrons. The van der Waals surface area contributed by atoms with Crippen molar-refractivity contribution in [3.05, 3.63) is 11.8 Å². The summed E-state index contributed by atoms with van der Waals surface area (Å²) >= 11 is 0. The minimum atomic E-state index is -3.29. The van der Waals surface area contributed by atoms with Crippen LogP contribution in [-0.4, -0.2) is 23.9 Å². The van der Waals surface area contributed by atoms with Crippen molar-refractivity contribution >= 4 is 15.8 Å². The van der Waals surface area contributed by atoms with Crippen LogP contribution in [0, 0.1) is 0 Å². The Morgan fingerprint density at radius 1 is 1.53 bits per heavy atom. The molecule has 0 amide bonds. The van der Waals surface area contributed by atoms with Crippen LogP contribution in [0.5, 0.6) is 0 Å². The zero-order chi connectivity index (χ0) is 11.5. The molecular weight excluding hydrogens is 214 g/mol. The minimum absolute atomic E-state index is 0.368. The largest absolute Gasteiger partial charge is 0.280 e. The first kappa shape index (κ1) is 12.0. The van der Waals surface area contributed by atoms with Gasteiger partial charge in [-0.15, -0.1) is 0 Å². The fraction of sp³-hybridized carbons (Fsp3) is 0.667. The van der Waals surface area contributed by atoms with Crippen LogP contribution in [0.2, 0.25) is 0 Å². The van der Waals surface area contributed by atoms with Gasteiger partial charge in [-0.25, -0.2) is 8.42 Å². The summed E-state index contributed by atoms with van der Waals surface area (Å²) in [6.07, 6.45) is 1.87. The molecule has 2 N–H and O–H groups in total. The Kier molecular flexibility index (Phi) is 3.73. The molecule has 15 heavy (non-hydrogen) atoms. The molecule has 1 rings (SSSR count). The first-order valence-corrected chi connectivity index (χ1v) is 6.56. The second kappa shape index (κ2) is 4.65. The summed E-state index contributed by atoms with van der Waals surface area (Å²) in [6, 6.07) is 1.73. The van der Waals surface area contributed by atoms with Crippen molar-refractivity contribution in [2.45, 2.75) is 38.9 Å². The number of rotatable bonds is 5. The van der Waals surface area contributed by atoms with Gasteiger partial charge in [0.15, 0.2) is 5.82 Å². The minimum Gasteiger partial charge on any atom is -0.280 e. The average molecular weight is 231 g/mol. The summed E-state index contributed by atoms with van der Waals surface area (Å²) in [5.41, 5.74) is 0.943. The van der Waals surface area contributed by atoms with Crippen LogP contribution in [-0.2, 0) is 16.4 Å². The highest BCUT2D eigenvalue weighted by Gasteiger charge is 2.16. The van der Waals surface area contributed by atoms with E-state index >= 15 is 0 Å². The molecule has 0 fully saturated rings. The summed E-state index contributed by atoms with van der Waals surface area (Å²) in [7, 11) is -3.29. The zero-order valence-corrected chi connectivity index (χ0v) is 10.1. The third-order valence-electron chi connectivity index (χ3n) is 2.02. The molecule has 0 unspecified atom stereocenters. The van der Waals surface area contributed by atoms with Crippen LogP contribution >= 0.6 is 0 Å². The summed E-state index contributed by atoms with van der Waals surface area (Å²) in [5, 5.41) is 6.22. The van der Waals surface area contributed by atoms with Crippen LogP contribution in [0.1, 0.15) is 32.9 Å². The number of hydrogen-bond donors (Lipinski definition) is 2. The number of aromatic nitrogens is 2. The van der Waals surface area contributed by atoms with E-state index in [4.69, 9.17) is 0 Å². The summed E-state index contributed by atoms with van der Waals surface area (Å²) in [5.74, 6) is 0.368. The van der Waals surface area contributed by atoms with E-state index in [0.717, 1.165) is 18.5 Å². The molecule has 0 aliphatic heterocycles. The number of H-pyrrole nitrogens is 1. The first-order chi connectivity index (χ1) is 6.95. The highest BCUT2D eigenvalue weighted by molar-refractivity contribution is 7.93. The molecular formula is C9H17N3O2S. The van der Waals surface area contributed by atoms with Crippen LogP contribution in [0.25, 0.3) is 0 Å². The molecule has 0 radical (unpaired) electrons. The van der Waals surface area contributed by atoms with Crippen molar-refractivity contribution in [1.82, 2.24) is 10.2 Å². The maximum atomic E-state index is 11.5. The molecule has 0 aliphatic carbocycles. The summed E-state index contributed by atoms with van der Waals surface area (Å²) < 4.78 is 25.4. The van der Waals surface area contributed by atoms with E-state index in [-0.39, 0.29) is 0 Å². The third kappa shape index (κ3) is 3.23. The molecule has 0 atom stereocenters. The zero-order valence-electron chi connectivity index (χ0n) is 9.24. The maximum Gasteiger partial charge on any atom is 0.236 e. The fourth-order valence-electron chi connectivity index (χ4n) is 1.07. The van der Waals surface area contributed by atoms with Gasteiger partial charge in [-0.3, -0.25) is 9.82 Å². The van der Waals surface area contributed by atoms with Gasteiger partial charge in [0.2, 0.25) is 10.0 Å². The van der Waals surface area contributed by atoms with E-state index in [1.165, 1.54) is 0 Å². The molecule has 1 heterocycles. The fourth-order valence-corrected chi connectivity index (χ4v) is 1.71. The first-order valence-electron chi connectivity index (χ1n) is 5.01. The Balaban J connectivity index is 2.73. The van der Waals surface area contributed by atoms with Gasteiger partial charge in [-0.05, 0) is 20.3 Å². The number of aromatic amines is 1. The highest BCUT2D eigenvalue weighted by Crippen LogP contribution is 2.11. The molecule has 5 nitrogen and oxygen atoms in total. The molecule has 0 saturated heterocycles. The van der Waals surface area contributed by atoms with Gasteiger partial charge in [-0.1, -0.05) is 13.3 Å². The average Bonchev–Trinajstić information content (AvgIpc) is 2.52. The lowest BCUT2D eigenvalue weighted by Gasteiger charge is -2.07. The van der Waals surface area contributed by atoms with Crippen molar-refractivity contribution < 1.29 is 8.42 Å². The number of hydrogen-bond acceptors (Lipinski definition) is 3.